The highest BCUT2D eigenvalue weighted by Crippen LogP contribution is 2.61. The molecule has 0 N–H and O–H groups in total. The molecule has 2 saturated carbocycles. The summed E-state index contributed by atoms with van der Waals surface area (Å²) in [6.45, 7) is 1.01. The fraction of sp³-hybridized carbons (Fsp3) is 0.385. The number of carbonyl (C=O) groups is 4. The molecule has 0 aromatic heterocycles. The molecule has 170 valence electrons. The van der Waals surface area contributed by atoms with Gasteiger partial charge in [-0.3, -0.25) is 24.1 Å². The molecule has 2 aromatic carbocycles. The third-order valence-corrected chi connectivity index (χ3v) is 7.68. The van der Waals surface area contributed by atoms with Crippen LogP contribution < -0.4 is 0 Å². The van der Waals surface area contributed by atoms with Gasteiger partial charge in [-0.1, -0.05) is 41.9 Å². The van der Waals surface area contributed by atoms with Crippen molar-refractivity contribution in [2.45, 2.75) is 31.8 Å². The molecule has 6 nitrogen and oxygen atoms in total. The number of rotatable bonds is 6. The third-order valence-electron chi connectivity index (χ3n) is 7.43. The van der Waals surface area contributed by atoms with Gasteiger partial charge < -0.3 is 4.74 Å². The summed E-state index contributed by atoms with van der Waals surface area (Å²) in [6.07, 6.45) is 0.724. The van der Waals surface area contributed by atoms with Gasteiger partial charge in [0, 0.05) is 10.6 Å². The van der Waals surface area contributed by atoms with E-state index in [4.69, 9.17) is 16.3 Å². The topological polar surface area (TPSA) is 80.8 Å². The van der Waals surface area contributed by atoms with Crippen LogP contribution in [0, 0.1) is 23.7 Å². The molecule has 0 unspecified atom stereocenters. The first-order valence-electron chi connectivity index (χ1n) is 11.2. The van der Waals surface area contributed by atoms with Crippen molar-refractivity contribution in [3.05, 3.63) is 70.7 Å². The Labute approximate surface area is 196 Å². The smallest absolute Gasteiger partial charge is 0.326 e. The zero-order valence-electron chi connectivity index (χ0n) is 18.1. The molecule has 2 amide bonds. The van der Waals surface area contributed by atoms with Gasteiger partial charge in [-0.05, 0) is 67.3 Å². The maximum atomic E-state index is 13.2. The van der Waals surface area contributed by atoms with E-state index in [2.05, 4.69) is 12.1 Å². The van der Waals surface area contributed by atoms with Crippen LogP contribution in [0.15, 0.2) is 54.6 Å². The monoisotopic (exact) mass is 465 g/mol. The number of nitrogens with zero attached hydrogens (tertiary/aromatic N) is 1. The molecule has 0 spiro atoms. The normalized spacial score (nSPS) is 28.7. The SMILES string of the molecule is C[C@H](OC(=O)CN1C(=O)[C@H]2[C@H]3C[C@@H]([C@@H]2C1=O)[C@@H](c1ccccc1)C3)C(=O)c1ccc(Cl)cc1. The van der Waals surface area contributed by atoms with E-state index in [1.165, 1.54) is 12.5 Å². The number of ketones is 1. The van der Waals surface area contributed by atoms with Crippen molar-refractivity contribution in [1.82, 2.24) is 4.90 Å². The molecule has 2 aromatic rings. The van der Waals surface area contributed by atoms with E-state index < -0.39 is 18.6 Å². The fourth-order valence-corrected chi connectivity index (χ4v) is 6.15. The van der Waals surface area contributed by atoms with Crippen molar-refractivity contribution >= 4 is 35.2 Å². The minimum Gasteiger partial charge on any atom is -0.453 e. The average Bonchev–Trinajstić information content (AvgIpc) is 3.47. The van der Waals surface area contributed by atoms with Crippen LogP contribution >= 0.6 is 11.6 Å². The molecule has 1 saturated heterocycles. The van der Waals surface area contributed by atoms with E-state index in [1.54, 1.807) is 24.3 Å². The van der Waals surface area contributed by atoms with Crippen LogP contribution in [0.3, 0.4) is 0 Å². The molecule has 1 aliphatic heterocycles. The van der Waals surface area contributed by atoms with Gasteiger partial charge in [0.15, 0.2) is 6.10 Å². The Morgan fingerprint density at radius 2 is 1.67 bits per heavy atom. The molecule has 33 heavy (non-hydrogen) atoms. The number of hydrogen-bond acceptors (Lipinski definition) is 5. The number of halogens is 1. The molecule has 6 atom stereocenters. The van der Waals surface area contributed by atoms with Gasteiger partial charge in [0.1, 0.15) is 6.54 Å². The van der Waals surface area contributed by atoms with Crippen LogP contribution in [-0.2, 0) is 19.1 Å². The quantitative estimate of drug-likeness (QED) is 0.367. The highest BCUT2D eigenvalue weighted by Gasteiger charge is 2.64. The minimum atomic E-state index is -1.04. The number of Topliss-reactive ketones (excluding diaryl/α,β-unsaturated/α-hetero) is 1. The zero-order chi connectivity index (χ0) is 23.3. The van der Waals surface area contributed by atoms with E-state index in [9.17, 15) is 19.2 Å². The summed E-state index contributed by atoms with van der Waals surface area (Å²) in [5, 5.41) is 0.497. The predicted molar refractivity (Wildman–Crippen MR) is 120 cm³/mol. The highest BCUT2D eigenvalue weighted by atomic mass is 35.5. The number of carbonyl (C=O) groups excluding carboxylic acids is 4. The second-order valence-corrected chi connectivity index (χ2v) is 9.67. The molecule has 0 radical (unpaired) electrons. The van der Waals surface area contributed by atoms with Crippen LogP contribution in [0.2, 0.25) is 5.02 Å². The number of esters is 1. The molecule has 1 heterocycles. The number of amides is 2. The van der Waals surface area contributed by atoms with Crippen LogP contribution in [0.4, 0.5) is 0 Å². The van der Waals surface area contributed by atoms with Gasteiger partial charge >= 0.3 is 5.97 Å². The number of imide groups is 1. The second-order valence-electron chi connectivity index (χ2n) is 9.23. The molecular weight excluding hydrogens is 442 g/mol. The molecule has 2 bridgehead atoms. The van der Waals surface area contributed by atoms with E-state index >= 15 is 0 Å². The van der Waals surface area contributed by atoms with Crippen molar-refractivity contribution in [2.24, 2.45) is 23.7 Å². The Morgan fingerprint density at radius 3 is 2.36 bits per heavy atom. The van der Waals surface area contributed by atoms with E-state index in [0.29, 0.717) is 10.6 Å². The Balaban J connectivity index is 1.24. The lowest BCUT2D eigenvalue weighted by Crippen LogP contribution is -2.39. The predicted octanol–water partition coefficient (Wildman–Crippen LogP) is 3.88. The van der Waals surface area contributed by atoms with Crippen LogP contribution in [0.25, 0.3) is 0 Å². The van der Waals surface area contributed by atoms with E-state index in [1.807, 2.05) is 18.2 Å². The summed E-state index contributed by atoms with van der Waals surface area (Å²) in [7, 11) is 0. The summed E-state index contributed by atoms with van der Waals surface area (Å²) < 4.78 is 5.27. The zero-order valence-corrected chi connectivity index (χ0v) is 18.9. The largest absolute Gasteiger partial charge is 0.453 e. The summed E-state index contributed by atoms with van der Waals surface area (Å²) in [6, 6.07) is 16.4. The number of fused-ring (bicyclic) bond motifs is 5. The highest BCUT2D eigenvalue weighted by molar-refractivity contribution is 6.30. The van der Waals surface area contributed by atoms with Gasteiger partial charge in [-0.2, -0.15) is 0 Å². The van der Waals surface area contributed by atoms with Gasteiger partial charge in [-0.15, -0.1) is 0 Å². The average molecular weight is 466 g/mol. The number of benzene rings is 2. The Bertz CT molecular complexity index is 1120. The Kier molecular flexibility index (Phi) is 5.57. The lowest BCUT2D eigenvalue weighted by molar-refractivity contribution is -0.155. The lowest BCUT2D eigenvalue weighted by Gasteiger charge is -2.28. The van der Waals surface area contributed by atoms with E-state index in [0.717, 1.165) is 17.7 Å². The first-order valence-corrected chi connectivity index (χ1v) is 11.6. The van der Waals surface area contributed by atoms with Crippen LogP contribution in [0.1, 0.15) is 41.6 Å². The molecule has 7 heteroatoms. The van der Waals surface area contributed by atoms with Gasteiger partial charge in [0.05, 0.1) is 11.8 Å². The molecule has 2 aliphatic carbocycles. The number of likely N-dealkylation sites (tertiary alicyclic amines) is 1. The minimum absolute atomic E-state index is 0.116. The number of hydrogen-bond donors (Lipinski definition) is 0. The van der Waals surface area contributed by atoms with Gasteiger partial charge in [0.25, 0.3) is 0 Å². The Hall–Kier alpha value is -2.99. The standard InChI is InChI=1S/C26H24ClNO5/c1-14(24(30)16-7-9-18(27)10-8-16)33-21(29)13-28-25(31)22-17-11-19(15-5-3-2-4-6-15)20(12-17)23(22)26(28)32/h2-10,14,17,19-20,22-23H,11-13H2,1H3/t14-,17+,19+,20+,22-,23-/m0/s1. The van der Waals surface area contributed by atoms with Crippen molar-refractivity contribution in [2.75, 3.05) is 6.54 Å². The van der Waals surface area contributed by atoms with Crippen molar-refractivity contribution in [3.63, 3.8) is 0 Å². The van der Waals surface area contributed by atoms with Crippen molar-refractivity contribution < 1.29 is 23.9 Å². The Morgan fingerprint density at radius 1 is 1.00 bits per heavy atom. The van der Waals surface area contributed by atoms with Crippen LogP contribution in [-0.4, -0.2) is 41.1 Å². The summed E-state index contributed by atoms with van der Waals surface area (Å²) in [5.74, 6) is -1.88. The maximum Gasteiger partial charge on any atom is 0.326 e. The van der Waals surface area contributed by atoms with Gasteiger partial charge in [0.2, 0.25) is 17.6 Å². The van der Waals surface area contributed by atoms with E-state index in [-0.39, 0.29) is 47.2 Å². The molecule has 5 rings (SSSR count). The summed E-state index contributed by atoms with van der Waals surface area (Å²) in [4.78, 5) is 52.3. The van der Waals surface area contributed by atoms with Crippen molar-refractivity contribution in [1.29, 1.82) is 0 Å². The first kappa shape index (κ1) is 21.8. The molecule has 3 fully saturated rings. The fourth-order valence-electron chi connectivity index (χ4n) is 6.03. The second kappa shape index (κ2) is 8.41. The molecular formula is C26H24ClNO5. The third kappa shape index (κ3) is 3.76. The summed E-state index contributed by atoms with van der Waals surface area (Å²) >= 11 is 5.85. The lowest BCUT2D eigenvalue weighted by atomic mass is 9.73. The number of ether oxygens (including phenoxy) is 1. The van der Waals surface area contributed by atoms with Crippen LogP contribution in [0.5, 0.6) is 0 Å². The maximum absolute atomic E-state index is 13.2. The van der Waals surface area contributed by atoms with Crippen molar-refractivity contribution in [3.8, 4) is 0 Å². The first-order chi connectivity index (χ1) is 15.8. The van der Waals surface area contributed by atoms with Gasteiger partial charge in [-0.25, -0.2) is 0 Å². The summed E-state index contributed by atoms with van der Waals surface area (Å²) in [5.41, 5.74) is 1.57. The molecule has 3 aliphatic rings.